The summed E-state index contributed by atoms with van der Waals surface area (Å²) in [5.41, 5.74) is -1.65. The van der Waals surface area contributed by atoms with Crippen molar-refractivity contribution in [2.24, 2.45) is 5.41 Å². The summed E-state index contributed by atoms with van der Waals surface area (Å²) in [4.78, 5) is 40.9. The van der Waals surface area contributed by atoms with E-state index in [1.54, 1.807) is 53.5 Å². The zero-order chi connectivity index (χ0) is 21.4. The van der Waals surface area contributed by atoms with Gasteiger partial charge >= 0.3 is 12.1 Å². The van der Waals surface area contributed by atoms with Gasteiger partial charge in [-0.2, -0.15) is 0 Å². The van der Waals surface area contributed by atoms with Crippen molar-refractivity contribution in [2.45, 2.75) is 98.6 Å². The summed E-state index contributed by atoms with van der Waals surface area (Å²) in [6.45, 7) is 16.6. The second-order valence-electron chi connectivity index (χ2n) is 10.2. The second kappa shape index (κ2) is 7.68. The molecule has 1 rings (SSSR count). The van der Waals surface area contributed by atoms with Gasteiger partial charge in [-0.3, -0.25) is 14.5 Å². The van der Waals surface area contributed by atoms with Crippen LogP contribution in [0.4, 0.5) is 4.79 Å². The molecule has 0 aromatic heterocycles. The summed E-state index contributed by atoms with van der Waals surface area (Å²) in [7, 11) is 1.68. The van der Waals surface area contributed by atoms with Crippen LogP contribution in [0.1, 0.15) is 75.2 Å². The molecular formula is C20H36N2O5. The van der Waals surface area contributed by atoms with Crippen molar-refractivity contribution < 1.29 is 23.9 Å². The summed E-state index contributed by atoms with van der Waals surface area (Å²) in [6.07, 6.45) is -0.750. The molecule has 0 bridgehead atoms. The highest BCUT2D eigenvalue weighted by molar-refractivity contribution is 5.90. The first-order valence-electron chi connectivity index (χ1n) is 9.44. The number of carbonyl (C=O) groups is 3. The Kier molecular flexibility index (Phi) is 6.61. The van der Waals surface area contributed by atoms with E-state index in [4.69, 9.17) is 9.47 Å². The standard InChI is InChI=1S/C20H36N2O5/c1-18(2,3)16-21(10)15(24)13(11-12-14(23)26-19(4,5)6)22(16)17(25)27-20(7,8)9/h13,16H,11-12H2,1-10H3/t13-,16-/m0/s1. The predicted octanol–water partition coefficient (Wildman–Crippen LogP) is 3.56. The minimum absolute atomic E-state index is 0.0533. The predicted molar refractivity (Wildman–Crippen MR) is 103 cm³/mol. The van der Waals surface area contributed by atoms with Gasteiger partial charge in [0.05, 0.1) is 0 Å². The van der Waals surface area contributed by atoms with Crippen LogP contribution in [-0.4, -0.2) is 58.2 Å². The zero-order valence-corrected chi connectivity index (χ0v) is 18.5. The Morgan fingerprint density at radius 3 is 1.81 bits per heavy atom. The monoisotopic (exact) mass is 384 g/mol. The second-order valence-corrected chi connectivity index (χ2v) is 10.2. The van der Waals surface area contributed by atoms with Gasteiger partial charge in [0.15, 0.2) is 0 Å². The number of likely N-dealkylation sites (N-methyl/N-ethyl adjacent to an activating group) is 1. The lowest BCUT2D eigenvalue weighted by atomic mass is 9.91. The third kappa shape index (κ3) is 6.40. The van der Waals surface area contributed by atoms with Crippen LogP contribution >= 0.6 is 0 Å². The molecule has 0 spiro atoms. The minimum Gasteiger partial charge on any atom is -0.460 e. The van der Waals surface area contributed by atoms with Crippen LogP contribution < -0.4 is 0 Å². The number of esters is 1. The van der Waals surface area contributed by atoms with Crippen molar-refractivity contribution in [3.63, 3.8) is 0 Å². The first kappa shape index (κ1) is 23.2. The van der Waals surface area contributed by atoms with Crippen LogP contribution in [0, 0.1) is 5.41 Å². The summed E-state index contributed by atoms with van der Waals surface area (Å²) in [6, 6.07) is -0.749. The molecule has 0 saturated carbocycles. The average molecular weight is 385 g/mol. The molecule has 1 heterocycles. The summed E-state index contributed by atoms with van der Waals surface area (Å²) < 4.78 is 10.9. The van der Waals surface area contributed by atoms with Crippen molar-refractivity contribution in [1.82, 2.24) is 9.80 Å². The molecule has 1 aliphatic heterocycles. The molecule has 0 aliphatic carbocycles. The molecule has 2 atom stereocenters. The number of amides is 2. The molecule has 2 amide bonds. The van der Waals surface area contributed by atoms with Gasteiger partial charge in [-0.25, -0.2) is 4.79 Å². The molecule has 0 aromatic rings. The largest absolute Gasteiger partial charge is 0.460 e. The van der Waals surface area contributed by atoms with Crippen molar-refractivity contribution in [3.05, 3.63) is 0 Å². The number of hydrogen-bond donors (Lipinski definition) is 0. The van der Waals surface area contributed by atoms with Crippen LogP contribution in [0.5, 0.6) is 0 Å². The van der Waals surface area contributed by atoms with E-state index in [0.29, 0.717) is 0 Å². The van der Waals surface area contributed by atoms with Gasteiger partial charge in [0.25, 0.3) is 0 Å². The Morgan fingerprint density at radius 1 is 0.926 bits per heavy atom. The molecule has 1 fully saturated rings. The fourth-order valence-corrected chi connectivity index (χ4v) is 3.28. The Hall–Kier alpha value is -1.79. The van der Waals surface area contributed by atoms with E-state index in [9.17, 15) is 14.4 Å². The van der Waals surface area contributed by atoms with E-state index < -0.39 is 29.5 Å². The van der Waals surface area contributed by atoms with Crippen molar-refractivity contribution in [1.29, 1.82) is 0 Å². The van der Waals surface area contributed by atoms with Gasteiger partial charge < -0.3 is 14.4 Å². The maximum absolute atomic E-state index is 12.9. The molecule has 0 N–H and O–H groups in total. The van der Waals surface area contributed by atoms with Crippen molar-refractivity contribution >= 4 is 18.0 Å². The summed E-state index contributed by atoms with van der Waals surface area (Å²) in [5.74, 6) is -0.578. The van der Waals surface area contributed by atoms with Crippen molar-refractivity contribution in [3.8, 4) is 0 Å². The van der Waals surface area contributed by atoms with Gasteiger partial charge in [0.1, 0.15) is 23.4 Å². The smallest absolute Gasteiger partial charge is 0.412 e. The topological polar surface area (TPSA) is 76.2 Å². The Bertz CT molecular complexity index is 581. The Labute approximate surface area is 163 Å². The van der Waals surface area contributed by atoms with Crippen LogP contribution in [0.2, 0.25) is 0 Å². The van der Waals surface area contributed by atoms with E-state index in [1.165, 1.54) is 4.90 Å². The third-order valence-electron chi connectivity index (χ3n) is 4.02. The third-order valence-corrected chi connectivity index (χ3v) is 4.02. The molecule has 7 heteroatoms. The van der Waals surface area contributed by atoms with Crippen LogP contribution in [0.25, 0.3) is 0 Å². The zero-order valence-electron chi connectivity index (χ0n) is 18.5. The molecule has 1 saturated heterocycles. The van der Waals surface area contributed by atoms with E-state index in [2.05, 4.69) is 0 Å². The molecule has 0 aromatic carbocycles. The Balaban J connectivity index is 3.08. The molecule has 0 unspecified atom stereocenters. The number of rotatable bonds is 3. The van der Waals surface area contributed by atoms with Gasteiger partial charge in [-0.1, -0.05) is 20.8 Å². The average Bonchev–Trinajstić information content (AvgIpc) is 2.65. The highest BCUT2D eigenvalue weighted by atomic mass is 16.6. The van der Waals surface area contributed by atoms with Crippen LogP contribution in [-0.2, 0) is 19.1 Å². The fourth-order valence-electron chi connectivity index (χ4n) is 3.28. The SMILES string of the molecule is CN1C(=O)[C@H](CCC(=O)OC(C)(C)C)N(C(=O)OC(C)(C)C)[C@H]1C(C)(C)C. The molecule has 1 aliphatic rings. The van der Waals surface area contributed by atoms with Crippen molar-refractivity contribution in [2.75, 3.05) is 7.05 Å². The summed E-state index contributed by atoms with van der Waals surface area (Å²) in [5, 5.41) is 0. The Morgan fingerprint density at radius 2 is 1.41 bits per heavy atom. The number of hydrogen-bond acceptors (Lipinski definition) is 5. The lowest BCUT2D eigenvalue weighted by molar-refractivity contribution is -0.155. The van der Waals surface area contributed by atoms with E-state index in [1.807, 2.05) is 20.8 Å². The molecule has 7 nitrogen and oxygen atoms in total. The lowest BCUT2D eigenvalue weighted by Gasteiger charge is -2.39. The van der Waals surface area contributed by atoms with Gasteiger partial charge in [-0.15, -0.1) is 0 Å². The first-order valence-corrected chi connectivity index (χ1v) is 9.44. The molecular weight excluding hydrogens is 348 g/mol. The highest BCUT2D eigenvalue weighted by Crippen LogP contribution is 2.36. The highest BCUT2D eigenvalue weighted by Gasteiger charge is 2.52. The van der Waals surface area contributed by atoms with E-state index in [0.717, 1.165) is 0 Å². The fraction of sp³-hybridized carbons (Fsp3) is 0.850. The van der Waals surface area contributed by atoms with Crippen LogP contribution in [0.15, 0.2) is 0 Å². The summed E-state index contributed by atoms with van der Waals surface area (Å²) >= 11 is 0. The minimum atomic E-state index is -0.749. The molecule has 156 valence electrons. The maximum atomic E-state index is 12.9. The van der Waals surface area contributed by atoms with Gasteiger partial charge in [0.2, 0.25) is 5.91 Å². The van der Waals surface area contributed by atoms with Gasteiger partial charge in [0, 0.05) is 18.9 Å². The lowest BCUT2D eigenvalue weighted by Crippen LogP contribution is -2.52. The van der Waals surface area contributed by atoms with Gasteiger partial charge in [-0.05, 0) is 48.0 Å². The molecule has 0 radical (unpaired) electrons. The van der Waals surface area contributed by atoms with E-state index in [-0.39, 0.29) is 30.1 Å². The number of carbonyl (C=O) groups excluding carboxylic acids is 3. The number of nitrogens with zero attached hydrogens (tertiary/aromatic N) is 2. The quantitative estimate of drug-likeness (QED) is 0.696. The normalized spacial score (nSPS) is 21.5. The number of ether oxygens (including phenoxy) is 2. The molecule has 27 heavy (non-hydrogen) atoms. The van der Waals surface area contributed by atoms with E-state index >= 15 is 0 Å². The maximum Gasteiger partial charge on any atom is 0.412 e. The first-order chi connectivity index (χ1) is 11.9. The van der Waals surface area contributed by atoms with Crippen LogP contribution in [0.3, 0.4) is 0 Å².